The van der Waals surface area contributed by atoms with Crippen molar-refractivity contribution < 1.29 is 19.1 Å². The van der Waals surface area contributed by atoms with Crippen molar-refractivity contribution >= 4 is 17.6 Å². The number of piperazine rings is 1. The lowest BCUT2D eigenvalue weighted by Gasteiger charge is -2.38. The fourth-order valence-electron chi connectivity index (χ4n) is 4.22. The lowest BCUT2D eigenvalue weighted by molar-refractivity contribution is -0.136. The van der Waals surface area contributed by atoms with Gasteiger partial charge in [-0.3, -0.25) is 4.79 Å². The summed E-state index contributed by atoms with van der Waals surface area (Å²) in [7, 11) is 0. The smallest absolute Gasteiger partial charge is 0.322 e. The number of amides is 3. The standard InChI is InChI=1S/C21H30N4O4/c1-14(2)16-13-24(9-7-22-16)20(26)17-4-3-8-25(17)21(27)23-15-5-6-18-19(12-15)29-11-10-28-18/h5-6,12,14,16-17,22H,3-4,7-11,13H2,1-2H3,(H,23,27)/t16?,17-/m0/s1. The highest BCUT2D eigenvalue weighted by Gasteiger charge is 2.38. The molecule has 2 N–H and O–H groups in total. The minimum atomic E-state index is -0.391. The lowest BCUT2D eigenvalue weighted by Crippen LogP contribution is -2.58. The number of likely N-dealkylation sites (tertiary alicyclic amines) is 1. The van der Waals surface area contributed by atoms with Gasteiger partial charge in [0.2, 0.25) is 5.91 Å². The number of urea groups is 1. The normalized spacial score (nSPS) is 24.0. The number of anilines is 1. The summed E-state index contributed by atoms with van der Waals surface area (Å²) in [6.07, 6.45) is 1.55. The molecule has 0 radical (unpaired) electrons. The second-order valence-electron chi connectivity index (χ2n) is 8.23. The van der Waals surface area contributed by atoms with Crippen LogP contribution in [0.3, 0.4) is 0 Å². The van der Waals surface area contributed by atoms with Crippen molar-refractivity contribution in [2.24, 2.45) is 5.92 Å². The van der Waals surface area contributed by atoms with Crippen molar-refractivity contribution in [2.75, 3.05) is 44.7 Å². The first-order valence-corrected chi connectivity index (χ1v) is 10.5. The molecule has 1 unspecified atom stereocenters. The molecule has 158 valence electrons. The molecule has 8 heteroatoms. The summed E-state index contributed by atoms with van der Waals surface area (Å²) in [6.45, 7) is 8.12. The SMILES string of the molecule is CC(C)C1CN(C(=O)[C@@H]2CCCN2C(=O)Nc2ccc3c(c2)OCCO3)CCN1. The molecule has 3 aliphatic heterocycles. The Bertz CT molecular complexity index is 769. The van der Waals surface area contributed by atoms with Crippen LogP contribution in [0.1, 0.15) is 26.7 Å². The Morgan fingerprint density at radius 1 is 1.17 bits per heavy atom. The number of nitrogens with one attached hydrogen (secondary N) is 2. The molecule has 29 heavy (non-hydrogen) atoms. The number of carbonyl (C=O) groups excluding carboxylic acids is 2. The Labute approximate surface area is 171 Å². The Hall–Kier alpha value is -2.48. The number of hydrogen-bond acceptors (Lipinski definition) is 5. The van der Waals surface area contributed by atoms with Crippen LogP contribution in [0.2, 0.25) is 0 Å². The van der Waals surface area contributed by atoms with Crippen molar-refractivity contribution in [1.29, 1.82) is 0 Å². The van der Waals surface area contributed by atoms with Crippen molar-refractivity contribution in [1.82, 2.24) is 15.1 Å². The van der Waals surface area contributed by atoms with E-state index < -0.39 is 6.04 Å². The highest BCUT2D eigenvalue weighted by Crippen LogP contribution is 2.33. The van der Waals surface area contributed by atoms with Gasteiger partial charge in [0.05, 0.1) is 0 Å². The van der Waals surface area contributed by atoms with E-state index in [2.05, 4.69) is 24.5 Å². The van der Waals surface area contributed by atoms with Gasteiger partial charge in [0.25, 0.3) is 0 Å². The van der Waals surface area contributed by atoms with Gasteiger partial charge in [-0.2, -0.15) is 0 Å². The number of nitrogens with zero attached hydrogens (tertiary/aromatic N) is 2. The molecule has 0 spiro atoms. The third-order valence-electron chi connectivity index (χ3n) is 5.91. The summed E-state index contributed by atoms with van der Waals surface area (Å²) in [6, 6.07) is 5.02. The fourth-order valence-corrected chi connectivity index (χ4v) is 4.22. The summed E-state index contributed by atoms with van der Waals surface area (Å²) in [4.78, 5) is 29.7. The van der Waals surface area contributed by atoms with Crippen molar-refractivity contribution in [3.05, 3.63) is 18.2 Å². The van der Waals surface area contributed by atoms with Crippen LogP contribution in [0, 0.1) is 5.92 Å². The molecule has 3 amide bonds. The van der Waals surface area contributed by atoms with E-state index in [9.17, 15) is 9.59 Å². The molecule has 0 saturated carbocycles. The third kappa shape index (κ3) is 4.27. The highest BCUT2D eigenvalue weighted by atomic mass is 16.6. The fraction of sp³-hybridized carbons (Fsp3) is 0.619. The zero-order valence-corrected chi connectivity index (χ0v) is 17.1. The molecule has 0 aliphatic carbocycles. The minimum Gasteiger partial charge on any atom is -0.486 e. The molecular formula is C21H30N4O4. The number of hydrogen-bond donors (Lipinski definition) is 2. The summed E-state index contributed by atoms with van der Waals surface area (Å²) >= 11 is 0. The predicted molar refractivity (Wildman–Crippen MR) is 109 cm³/mol. The molecule has 1 aromatic carbocycles. The molecule has 0 aromatic heterocycles. The first kappa shape index (κ1) is 19.8. The highest BCUT2D eigenvalue weighted by molar-refractivity contribution is 5.94. The molecular weight excluding hydrogens is 372 g/mol. The maximum atomic E-state index is 13.2. The van der Waals surface area contributed by atoms with E-state index in [1.807, 2.05) is 4.90 Å². The molecule has 2 fully saturated rings. The van der Waals surface area contributed by atoms with Crippen molar-refractivity contribution in [2.45, 2.75) is 38.8 Å². The molecule has 4 rings (SSSR count). The average molecular weight is 402 g/mol. The second kappa shape index (κ2) is 8.49. The van der Waals surface area contributed by atoms with Gasteiger partial charge in [0.1, 0.15) is 19.3 Å². The first-order chi connectivity index (χ1) is 14.0. The van der Waals surface area contributed by atoms with E-state index in [1.54, 1.807) is 23.1 Å². The maximum Gasteiger partial charge on any atom is 0.322 e. The third-order valence-corrected chi connectivity index (χ3v) is 5.91. The molecule has 2 saturated heterocycles. The summed E-state index contributed by atoms with van der Waals surface area (Å²) in [5, 5.41) is 6.39. The number of carbonyl (C=O) groups is 2. The Balaban J connectivity index is 1.41. The number of fused-ring (bicyclic) bond motifs is 1. The van der Waals surface area contributed by atoms with Gasteiger partial charge in [-0.25, -0.2) is 4.79 Å². The van der Waals surface area contributed by atoms with E-state index >= 15 is 0 Å². The van der Waals surface area contributed by atoms with Gasteiger partial charge in [-0.1, -0.05) is 13.8 Å². The van der Waals surface area contributed by atoms with Crippen molar-refractivity contribution in [3.63, 3.8) is 0 Å². The van der Waals surface area contributed by atoms with E-state index in [1.165, 1.54) is 0 Å². The second-order valence-corrected chi connectivity index (χ2v) is 8.23. The summed E-state index contributed by atoms with van der Waals surface area (Å²) in [5.74, 6) is 1.83. The number of ether oxygens (including phenoxy) is 2. The summed E-state index contributed by atoms with van der Waals surface area (Å²) in [5.41, 5.74) is 0.638. The molecule has 3 heterocycles. The van der Waals surface area contributed by atoms with Crippen LogP contribution >= 0.6 is 0 Å². The van der Waals surface area contributed by atoms with E-state index in [0.717, 1.165) is 13.0 Å². The Morgan fingerprint density at radius 3 is 2.76 bits per heavy atom. The molecule has 8 nitrogen and oxygen atoms in total. The van der Waals surface area contributed by atoms with Gasteiger partial charge in [-0.05, 0) is 30.9 Å². The van der Waals surface area contributed by atoms with E-state index in [-0.39, 0.29) is 11.9 Å². The first-order valence-electron chi connectivity index (χ1n) is 10.5. The monoisotopic (exact) mass is 402 g/mol. The zero-order chi connectivity index (χ0) is 20.4. The van der Waals surface area contributed by atoms with Gasteiger partial charge in [-0.15, -0.1) is 0 Å². The van der Waals surface area contributed by atoms with Crippen LogP contribution in [0.25, 0.3) is 0 Å². The number of rotatable bonds is 3. The molecule has 2 atom stereocenters. The van der Waals surface area contributed by atoms with Crippen molar-refractivity contribution in [3.8, 4) is 11.5 Å². The van der Waals surface area contributed by atoms with E-state index in [4.69, 9.17) is 9.47 Å². The average Bonchev–Trinajstić information content (AvgIpc) is 3.23. The lowest BCUT2D eigenvalue weighted by atomic mass is 10.0. The maximum absolute atomic E-state index is 13.2. The van der Waals surface area contributed by atoms with Crippen LogP contribution in [-0.2, 0) is 4.79 Å². The zero-order valence-electron chi connectivity index (χ0n) is 17.1. The molecule has 0 bridgehead atoms. The quantitative estimate of drug-likeness (QED) is 0.807. The molecule has 1 aromatic rings. The minimum absolute atomic E-state index is 0.0620. The van der Waals surface area contributed by atoms with Crippen LogP contribution in [0.5, 0.6) is 11.5 Å². The Kier molecular flexibility index (Phi) is 5.80. The van der Waals surface area contributed by atoms with Gasteiger partial charge in [0, 0.05) is 44.0 Å². The van der Waals surface area contributed by atoms with Gasteiger partial charge >= 0.3 is 6.03 Å². The largest absolute Gasteiger partial charge is 0.486 e. The topological polar surface area (TPSA) is 83.1 Å². The van der Waals surface area contributed by atoms with Gasteiger partial charge < -0.3 is 29.9 Å². The van der Waals surface area contributed by atoms with Gasteiger partial charge in [0.15, 0.2) is 11.5 Å². The summed E-state index contributed by atoms with van der Waals surface area (Å²) < 4.78 is 11.1. The van der Waals surface area contributed by atoms with Crippen LogP contribution in [-0.4, -0.2) is 73.2 Å². The van der Waals surface area contributed by atoms with Crippen LogP contribution in [0.15, 0.2) is 18.2 Å². The van der Waals surface area contributed by atoms with Crippen LogP contribution < -0.4 is 20.1 Å². The Morgan fingerprint density at radius 2 is 1.97 bits per heavy atom. The molecule has 3 aliphatic rings. The van der Waals surface area contributed by atoms with Crippen LogP contribution in [0.4, 0.5) is 10.5 Å². The number of benzene rings is 1. The van der Waals surface area contributed by atoms with E-state index in [0.29, 0.717) is 68.4 Å². The predicted octanol–water partition coefficient (Wildman–Crippen LogP) is 1.91.